The largest absolute Gasteiger partial charge is 0.376 e. The maximum Gasteiger partial charge on any atom is 0.257 e. The lowest BCUT2D eigenvalue weighted by molar-refractivity contribution is 0.114. The van der Waals surface area contributed by atoms with Crippen molar-refractivity contribution in [2.45, 2.75) is 23.8 Å². The fourth-order valence-electron chi connectivity index (χ4n) is 1.83. The number of benzene rings is 1. The summed E-state index contributed by atoms with van der Waals surface area (Å²) >= 11 is 5.00. The summed E-state index contributed by atoms with van der Waals surface area (Å²) in [5, 5.41) is 3.14. The molecule has 6 nitrogen and oxygen atoms in total. The molecular formula is C12H17N3O3S2. The summed E-state index contributed by atoms with van der Waals surface area (Å²) in [7, 11) is -3.61. The number of rotatable bonds is 5. The molecule has 20 heavy (non-hydrogen) atoms. The van der Waals surface area contributed by atoms with Crippen LogP contribution < -0.4 is 15.6 Å². The molecule has 0 unspecified atom stereocenters. The van der Waals surface area contributed by atoms with Gasteiger partial charge in [0, 0.05) is 13.2 Å². The van der Waals surface area contributed by atoms with Crippen LogP contribution in [0.4, 0.5) is 0 Å². The van der Waals surface area contributed by atoms with Crippen LogP contribution in [0.15, 0.2) is 35.2 Å². The van der Waals surface area contributed by atoms with Crippen molar-refractivity contribution in [1.82, 2.24) is 15.6 Å². The second-order valence-electron chi connectivity index (χ2n) is 4.39. The van der Waals surface area contributed by atoms with Crippen LogP contribution in [0.5, 0.6) is 0 Å². The van der Waals surface area contributed by atoms with Gasteiger partial charge in [0.15, 0.2) is 5.11 Å². The van der Waals surface area contributed by atoms with Gasteiger partial charge in [-0.25, -0.2) is 8.42 Å². The molecule has 0 amide bonds. The first kappa shape index (κ1) is 15.2. The van der Waals surface area contributed by atoms with Gasteiger partial charge in [-0.05, 0) is 37.2 Å². The van der Waals surface area contributed by atoms with E-state index in [1.165, 1.54) is 12.1 Å². The number of ether oxygens (including phenoxy) is 1. The van der Waals surface area contributed by atoms with Crippen molar-refractivity contribution in [3.05, 3.63) is 30.3 Å². The Balaban J connectivity index is 1.77. The third kappa shape index (κ3) is 4.41. The zero-order valence-electron chi connectivity index (χ0n) is 10.8. The molecule has 0 radical (unpaired) electrons. The first-order chi connectivity index (χ1) is 9.58. The summed E-state index contributed by atoms with van der Waals surface area (Å²) in [6.07, 6.45) is 2.18. The van der Waals surface area contributed by atoms with E-state index < -0.39 is 10.0 Å². The monoisotopic (exact) mass is 315 g/mol. The van der Waals surface area contributed by atoms with Gasteiger partial charge in [-0.3, -0.25) is 5.43 Å². The molecule has 1 aromatic rings. The fourth-order valence-corrected chi connectivity index (χ4v) is 2.90. The fraction of sp³-hybridized carbons (Fsp3) is 0.417. The molecule has 1 aliphatic heterocycles. The molecule has 1 heterocycles. The van der Waals surface area contributed by atoms with Gasteiger partial charge >= 0.3 is 0 Å². The van der Waals surface area contributed by atoms with Crippen molar-refractivity contribution in [3.63, 3.8) is 0 Å². The minimum atomic E-state index is -3.61. The molecule has 3 N–H and O–H groups in total. The first-order valence-electron chi connectivity index (χ1n) is 6.30. The number of nitrogens with one attached hydrogen (secondary N) is 3. The van der Waals surface area contributed by atoms with Crippen LogP contribution in [-0.4, -0.2) is 32.8 Å². The van der Waals surface area contributed by atoms with Crippen molar-refractivity contribution in [2.75, 3.05) is 13.2 Å². The van der Waals surface area contributed by atoms with E-state index in [-0.39, 0.29) is 16.1 Å². The SMILES string of the molecule is O=S(=O)(NNC(=S)NC[C@@H]1CCCO1)c1ccccc1. The summed E-state index contributed by atoms with van der Waals surface area (Å²) in [5.74, 6) is 0. The van der Waals surface area contributed by atoms with Crippen molar-refractivity contribution in [3.8, 4) is 0 Å². The van der Waals surface area contributed by atoms with E-state index in [1.807, 2.05) is 0 Å². The molecule has 0 bridgehead atoms. The summed E-state index contributed by atoms with van der Waals surface area (Å²) < 4.78 is 29.3. The number of sulfonamides is 1. The molecule has 1 atom stereocenters. The normalized spacial score (nSPS) is 18.7. The van der Waals surface area contributed by atoms with E-state index >= 15 is 0 Å². The van der Waals surface area contributed by atoms with Crippen molar-refractivity contribution >= 4 is 27.4 Å². The van der Waals surface area contributed by atoms with Crippen LogP contribution >= 0.6 is 12.2 Å². The van der Waals surface area contributed by atoms with Gasteiger partial charge in [0.2, 0.25) is 0 Å². The number of hydrazine groups is 1. The Labute approximate surface area is 123 Å². The van der Waals surface area contributed by atoms with Crippen molar-refractivity contribution < 1.29 is 13.2 Å². The molecule has 2 rings (SSSR count). The lowest BCUT2D eigenvalue weighted by Gasteiger charge is -2.14. The topological polar surface area (TPSA) is 79.5 Å². The van der Waals surface area contributed by atoms with E-state index in [4.69, 9.17) is 17.0 Å². The average molecular weight is 315 g/mol. The summed E-state index contributed by atoms with van der Waals surface area (Å²) in [5.41, 5.74) is 2.47. The molecule has 1 fully saturated rings. The minimum Gasteiger partial charge on any atom is -0.376 e. The highest BCUT2D eigenvalue weighted by Crippen LogP contribution is 2.10. The average Bonchev–Trinajstić information content (AvgIpc) is 2.97. The van der Waals surface area contributed by atoms with Crippen LogP contribution in [0.1, 0.15) is 12.8 Å². The Hall–Kier alpha value is -1.22. The molecule has 110 valence electrons. The predicted molar refractivity (Wildman–Crippen MR) is 79.5 cm³/mol. The Morgan fingerprint density at radius 3 is 2.75 bits per heavy atom. The minimum absolute atomic E-state index is 0.139. The summed E-state index contributed by atoms with van der Waals surface area (Å²) in [6, 6.07) is 8.07. The van der Waals surface area contributed by atoms with Gasteiger partial charge < -0.3 is 10.1 Å². The Kier molecular flexibility index (Phi) is 5.30. The lowest BCUT2D eigenvalue weighted by atomic mass is 10.2. The Morgan fingerprint density at radius 1 is 1.35 bits per heavy atom. The zero-order valence-corrected chi connectivity index (χ0v) is 12.5. The third-order valence-electron chi connectivity index (χ3n) is 2.87. The second-order valence-corrected chi connectivity index (χ2v) is 6.48. The highest BCUT2D eigenvalue weighted by Gasteiger charge is 2.16. The van der Waals surface area contributed by atoms with Gasteiger partial charge in [0.1, 0.15) is 0 Å². The molecule has 0 aliphatic carbocycles. The van der Waals surface area contributed by atoms with Crippen LogP contribution in [0.2, 0.25) is 0 Å². The summed E-state index contributed by atoms with van der Waals surface area (Å²) in [6.45, 7) is 1.34. The maximum atomic E-state index is 11.9. The maximum absolute atomic E-state index is 11.9. The third-order valence-corrected chi connectivity index (χ3v) is 4.38. The van der Waals surface area contributed by atoms with Crippen LogP contribution in [0, 0.1) is 0 Å². The molecular weight excluding hydrogens is 298 g/mol. The number of thiocarbonyl (C=S) groups is 1. The zero-order chi connectivity index (χ0) is 14.4. The lowest BCUT2D eigenvalue weighted by Crippen LogP contribution is -2.48. The molecule has 1 aromatic carbocycles. The Bertz CT molecular complexity index is 542. The number of hydrogen-bond acceptors (Lipinski definition) is 4. The molecule has 0 aromatic heterocycles. The molecule has 0 saturated carbocycles. The summed E-state index contributed by atoms with van der Waals surface area (Å²) in [4.78, 5) is 2.40. The van der Waals surface area contributed by atoms with E-state index in [0.29, 0.717) is 6.54 Å². The van der Waals surface area contributed by atoms with Gasteiger partial charge in [-0.1, -0.05) is 18.2 Å². The molecule has 8 heteroatoms. The van der Waals surface area contributed by atoms with Gasteiger partial charge in [0.25, 0.3) is 10.0 Å². The first-order valence-corrected chi connectivity index (χ1v) is 8.19. The molecule has 1 aliphatic rings. The number of hydrogen-bond donors (Lipinski definition) is 3. The standard InChI is InChI=1S/C12H17N3O3S2/c16-20(17,11-6-2-1-3-7-11)15-14-12(19)13-9-10-5-4-8-18-10/h1-3,6-7,10,15H,4-5,8-9H2,(H2,13,14,19)/t10-/m0/s1. The highest BCUT2D eigenvalue weighted by atomic mass is 32.2. The highest BCUT2D eigenvalue weighted by molar-refractivity contribution is 7.89. The van der Waals surface area contributed by atoms with E-state index in [9.17, 15) is 8.42 Å². The molecule has 0 spiro atoms. The predicted octanol–water partition coefficient (Wildman–Crippen LogP) is 0.523. The van der Waals surface area contributed by atoms with Crippen molar-refractivity contribution in [1.29, 1.82) is 0 Å². The van der Waals surface area contributed by atoms with Gasteiger partial charge in [-0.2, -0.15) is 0 Å². The van der Waals surface area contributed by atoms with E-state index in [2.05, 4.69) is 15.6 Å². The van der Waals surface area contributed by atoms with Gasteiger partial charge in [0.05, 0.1) is 11.0 Å². The van der Waals surface area contributed by atoms with Crippen LogP contribution in [0.3, 0.4) is 0 Å². The Morgan fingerprint density at radius 2 is 2.10 bits per heavy atom. The quantitative estimate of drug-likeness (QED) is 0.543. The van der Waals surface area contributed by atoms with Crippen LogP contribution in [-0.2, 0) is 14.8 Å². The second kappa shape index (κ2) is 6.98. The van der Waals surface area contributed by atoms with E-state index in [1.54, 1.807) is 18.2 Å². The molecule has 1 saturated heterocycles. The van der Waals surface area contributed by atoms with Crippen molar-refractivity contribution in [2.24, 2.45) is 0 Å². The van der Waals surface area contributed by atoms with Crippen LogP contribution in [0.25, 0.3) is 0 Å². The van der Waals surface area contributed by atoms with E-state index in [0.717, 1.165) is 19.4 Å². The van der Waals surface area contributed by atoms with Gasteiger partial charge in [-0.15, -0.1) is 4.83 Å². The smallest absolute Gasteiger partial charge is 0.257 e.